The van der Waals surface area contributed by atoms with Gasteiger partial charge < -0.3 is 23.7 Å². The molecular formula is C50H69FO8. The highest BCUT2D eigenvalue weighted by Crippen LogP contribution is 2.45. The highest BCUT2D eigenvalue weighted by molar-refractivity contribution is 5.87. The van der Waals surface area contributed by atoms with Crippen molar-refractivity contribution in [2.45, 2.75) is 143 Å². The molecule has 0 unspecified atom stereocenters. The second-order valence-electron chi connectivity index (χ2n) is 17.8. The molecule has 2 aromatic carbocycles. The highest BCUT2D eigenvalue weighted by Gasteiger charge is 2.38. The molecule has 3 aliphatic rings. The van der Waals surface area contributed by atoms with E-state index >= 15 is 4.39 Å². The Hall–Kier alpha value is -4.14. The van der Waals surface area contributed by atoms with E-state index in [1.807, 2.05) is 25.1 Å². The molecule has 8 nitrogen and oxygen atoms in total. The average molecular weight is 817 g/mol. The summed E-state index contributed by atoms with van der Waals surface area (Å²) >= 11 is 0. The number of hydrogen-bond acceptors (Lipinski definition) is 8. The molecule has 59 heavy (non-hydrogen) atoms. The standard InChI is InChI=1S/C50H69FO8/c1-7-9-10-13-36-16-18-37(19-17-36)38-20-22-39(23-21-38)40-24-25-44(45(51)30-40)43-28-41(14-11-26-55-47(52)34(3)4)46(42(29-43)15-12-27-56-48(53)35(5)6)57-31-50(8-2)32-58-49(54)59-33-50/h24-25,28-30,36-39H,3,5,7-23,26-27,31-33H2,1-2,4,6H3. The molecule has 5 rings (SSSR count). The molecule has 3 fully saturated rings. The third-order valence-corrected chi connectivity index (χ3v) is 13.2. The normalized spacial score (nSPS) is 21.5. The number of ether oxygens (including phenoxy) is 5. The Kier molecular flexibility index (Phi) is 17.5. The van der Waals surface area contributed by atoms with Gasteiger partial charge in [0.25, 0.3) is 0 Å². The van der Waals surface area contributed by atoms with Gasteiger partial charge in [0.2, 0.25) is 0 Å². The van der Waals surface area contributed by atoms with Gasteiger partial charge in [0.1, 0.15) is 31.4 Å². The third-order valence-electron chi connectivity index (χ3n) is 13.2. The second-order valence-corrected chi connectivity index (χ2v) is 17.8. The van der Waals surface area contributed by atoms with E-state index in [1.165, 1.54) is 64.2 Å². The summed E-state index contributed by atoms with van der Waals surface area (Å²) < 4.78 is 44.5. The van der Waals surface area contributed by atoms with Gasteiger partial charge in [0.05, 0.1) is 18.6 Å². The molecule has 0 spiro atoms. The van der Waals surface area contributed by atoms with Gasteiger partial charge in [-0.1, -0.05) is 77.7 Å². The van der Waals surface area contributed by atoms with Crippen LogP contribution in [0, 0.1) is 29.0 Å². The van der Waals surface area contributed by atoms with Crippen molar-refractivity contribution in [2.75, 3.05) is 33.0 Å². The minimum absolute atomic E-state index is 0.165. The maximum Gasteiger partial charge on any atom is 0.508 e. The van der Waals surface area contributed by atoms with Crippen LogP contribution in [-0.4, -0.2) is 51.1 Å². The summed E-state index contributed by atoms with van der Waals surface area (Å²) in [7, 11) is 0. The number of halogens is 1. The Labute approximate surface area is 352 Å². The number of cyclic esters (lactones) is 2. The van der Waals surface area contributed by atoms with Crippen LogP contribution in [-0.2, 0) is 41.4 Å². The number of carbonyl (C=O) groups is 3. The lowest BCUT2D eigenvalue weighted by atomic mass is 9.68. The first-order valence-corrected chi connectivity index (χ1v) is 22.4. The van der Waals surface area contributed by atoms with Gasteiger partial charge in [0.15, 0.2) is 0 Å². The summed E-state index contributed by atoms with van der Waals surface area (Å²) in [6.07, 6.45) is 17.6. The van der Waals surface area contributed by atoms with E-state index in [0.29, 0.717) is 60.5 Å². The number of esters is 2. The zero-order valence-corrected chi connectivity index (χ0v) is 36.3. The van der Waals surface area contributed by atoms with Crippen LogP contribution in [0.1, 0.15) is 147 Å². The summed E-state index contributed by atoms with van der Waals surface area (Å²) in [6.45, 7) is 15.8. The summed E-state index contributed by atoms with van der Waals surface area (Å²) in [6, 6.07) is 9.72. The monoisotopic (exact) mass is 816 g/mol. The van der Waals surface area contributed by atoms with E-state index in [9.17, 15) is 14.4 Å². The van der Waals surface area contributed by atoms with Crippen molar-refractivity contribution >= 4 is 18.1 Å². The topological polar surface area (TPSA) is 97.4 Å². The first-order chi connectivity index (χ1) is 28.4. The van der Waals surface area contributed by atoms with E-state index in [-0.39, 0.29) is 38.9 Å². The zero-order chi connectivity index (χ0) is 42.4. The van der Waals surface area contributed by atoms with E-state index in [4.69, 9.17) is 23.7 Å². The van der Waals surface area contributed by atoms with Gasteiger partial charge in [-0.15, -0.1) is 0 Å². The van der Waals surface area contributed by atoms with Crippen LogP contribution in [0.3, 0.4) is 0 Å². The van der Waals surface area contributed by atoms with E-state index < -0.39 is 23.5 Å². The maximum absolute atomic E-state index is 16.4. The quantitative estimate of drug-likeness (QED) is 0.0532. The minimum Gasteiger partial charge on any atom is -0.492 e. The Morgan fingerprint density at radius 1 is 0.780 bits per heavy atom. The number of rotatable bonds is 21. The van der Waals surface area contributed by atoms with Crippen LogP contribution in [0.5, 0.6) is 5.75 Å². The zero-order valence-electron chi connectivity index (χ0n) is 36.3. The van der Waals surface area contributed by atoms with Gasteiger partial charge in [0, 0.05) is 16.7 Å². The van der Waals surface area contributed by atoms with Crippen LogP contribution in [0.2, 0.25) is 0 Å². The SMILES string of the molecule is C=C(C)C(=O)OCCCc1cc(-c2ccc(C3CCC(C4CCC(CCCCC)CC4)CC3)cc2F)cc(CCCOC(=O)C(=C)C)c1OCC1(CC)COC(=O)OC1. The predicted octanol–water partition coefficient (Wildman–Crippen LogP) is 12.2. The van der Waals surface area contributed by atoms with Crippen molar-refractivity contribution in [2.24, 2.45) is 23.2 Å². The fraction of sp³-hybridized carbons (Fsp3) is 0.620. The van der Waals surface area contributed by atoms with Crippen LogP contribution in [0.15, 0.2) is 54.6 Å². The Bertz CT molecular complexity index is 1680. The minimum atomic E-state index is -0.695. The Balaban J connectivity index is 1.35. The first-order valence-electron chi connectivity index (χ1n) is 22.4. The van der Waals surface area contributed by atoms with Crippen LogP contribution < -0.4 is 4.74 Å². The molecule has 0 radical (unpaired) electrons. The molecule has 2 saturated carbocycles. The lowest BCUT2D eigenvalue weighted by molar-refractivity contribution is -0.139. The Morgan fingerprint density at radius 2 is 1.34 bits per heavy atom. The highest BCUT2D eigenvalue weighted by atomic mass is 19.1. The lowest BCUT2D eigenvalue weighted by Gasteiger charge is -2.38. The molecule has 9 heteroatoms. The van der Waals surface area contributed by atoms with Gasteiger partial charge >= 0.3 is 18.1 Å². The largest absolute Gasteiger partial charge is 0.508 e. The molecule has 0 amide bonds. The van der Waals surface area contributed by atoms with Crippen molar-refractivity contribution in [3.63, 3.8) is 0 Å². The first kappa shape index (κ1) is 45.9. The summed E-state index contributed by atoms with van der Waals surface area (Å²) in [5, 5.41) is 0. The van der Waals surface area contributed by atoms with Gasteiger partial charge in [-0.25, -0.2) is 18.8 Å². The Morgan fingerprint density at radius 3 is 1.85 bits per heavy atom. The molecular weight excluding hydrogens is 748 g/mol. The maximum atomic E-state index is 16.4. The fourth-order valence-electron chi connectivity index (χ4n) is 9.26. The van der Waals surface area contributed by atoms with Crippen LogP contribution >= 0.6 is 0 Å². The number of aryl methyl sites for hydroxylation is 2. The molecule has 1 heterocycles. The van der Waals surface area contributed by atoms with Gasteiger partial charge in [-0.3, -0.25) is 0 Å². The molecule has 0 atom stereocenters. The molecule has 324 valence electrons. The smallest absolute Gasteiger partial charge is 0.492 e. The molecule has 0 aromatic heterocycles. The van der Waals surface area contributed by atoms with Crippen molar-refractivity contribution < 1.29 is 42.5 Å². The van der Waals surface area contributed by atoms with Crippen LogP contribution in [0.4, 0.5) is 9.18 Å². The van der Waals surface area contributed by atoms with Crippen molar-refractivity contribution in [3.05, 3.63) is 77.1 Å². The van der Waals surface area contributed by atoms with E-state index in [2.05, 4.69) is 26.1 Å². The van der Waals surface area contributed by atoms with E-state index in [1.54, 1.807) is 19.9 Å². The van der Waals surface area contributed by atoms with Crippen molar-refractivity contribution in [1.82, 2.24) is 0 Å². The molecule has 1 aliphatic heterocycles. The fourth-order valence-corrected chi connectivity index (χ4v) is 9.26. The molecule has 1 saturated heterocycles. The molecule has 2 aromatic rings. The van der Waals surface area contributed by atoms with Crippen LogP contribution in [0.25, 0.3) is 11.1 Å². The molecule has 0 bridgehead atoms. The molecule has 2 aliphatic carbocycles. The second kappa shape index (κ2) is 22.5. The third kappa shape index (κ3) is 13.2. The van der Waals surface area contributed by atoms with Crippen molar-refractivity contribution in [3.8, 4) is 16.9 Å². The van der Waals surface area contributed by atoms with Gasteiger partial charge in [-0.2, -0.15) is 0 Å². The number of unbranched alkanes of at least 4 members (excludes halogenated alkanes) is 2. The summed E-state index contributed by atoms with van der Waals surface area (Å²) in [5.74, 6) is 2.41. The number of hydrogen-bond donors (Lipinski definition) is 0. The molecule has 0 N–H and O–H groups in total. The van der Waals surface area contributed by atoms with Gasteiger partial charge in [-0.05, 0) is 149 Å². The van der Waals surface area contributed by atoms with E-state index in [0.717, 1.165) is 52.8 Å². The summed E-state index contributed by atoms with van der Waals surface area (Å²) in [4.78, 5) is 36.1. The number of carbonyl (C=O) groups excluding carboxylic acids is 3. The van der Waals surface area contributed by atoms with Crippen molar-refractivity contribution in [1.29, 1.82) is 0 Å². The number of benzene rings is 2. The summed E-state index contributed by atoms with van der Waals surface area (Å²) in [5.41, 5.74) is 4.07. The predicted molar refractivity (Wildman–Crippen MR) is 230 cm³/mol. The average Bonchev–Trinajstić information content (AvgIpc) is 3.24. The lowest BCUT2D eigenvalue weighted by Crippen LogP contribution is -2.43.